The molecule has 0 heterocycles. The molecule has 1 amide bonds. The van der Waals surface area contributed by atoms with E-state index in [4.69, 9.17) is 4.74 Å². The number of ether oxygens (including phenoxy) is 1. The fourth-order valence-electron chi connectivity index (χ4n) is 2.27. The van der Waals surface area contributed by atoms with Gasteiger partial charge in [0.2, 0.25) is 5.91 Å². The zero-order valence-electron chi connectivity index (χ0n) is 13.8. The second-order valence-corrected chi connectivity index (χ2v) is 5.37. The fourth-order valence-corrected chi connectivity index (χ4v) is 2.27. The molecule has 1 unspecified atom stereocenters. The minimum Gasteiger partial charge on any atom is -0.496 e. The number of benzene rings is 2. The van der Waals surface area contributed by atoms with Gasteiger partial charge in [-0.15, -0.1) is 0 Å². The van der Waals surface area contributed by atoms with Crippen LogP contribution < -0.4 is 4.74 Å². The molecule has 0 fully saturated rings. The van der Waals surface area contributed by atoms with Crippen LogP contribution in [-0.2, 0) is 4.79 Å². The molecule has 0 aliphatic rings. The molecule has 0 aromatic heterocycles. The molecule has 0 spiro atoms. The average Bonchev–Trinajstić information content (AvgIpc) is 2.60. The Balaban J connectivity index is 2.13. The molecule has 0 N–H and O–H groups in total. The Kier molecular flexibility index (Phi) is 5.68. The molecule has 2 rings (SSSR count). The van der Waals surface area contributed by atoms with Crippen LogP contribution in [0.4, 0.5) is 8.78 Å². The average molecular weight is 331 g/mol. The number of carbonyl (C=O) groups excluding carboxylic acids is 1. The van der Waals surface area contributed by atoms with E-state index in [1.807, 2.05) is 18.2 Å². The number of hydrogen-bond donors (Lipinski definition) is 0. The van der Waals surface area contributed by atoms with E-state index in [9.17, 15) is 13.6 Å². The first kappa shape index (κ1) is 17.7. The lowest BCUT2D eigenvalue weighted by molar-refractivity contribution is -0.126. The quantitative estimate of drug-likeness (QED) is 0.768. The molecule has 1 atom stereocenters. The third-order valence-corrected chi connectivity index (χ3v) is 3.90. The second-order valence-electron chi connectivity index (χ2n) is 5.37. The highest BCUT2D eigenvalue weighted by Gasteiger charge is 2.17. The molecule has 0 radical (unpaired) electrons. The number of carbonyl (C=O) groups is 1. The normalized spacial score (nSPS) is 12.2. The van der Waals surface area contributed by atoms with E-state index in [2.05, 4.69) is 0 Å². The summed E-state index contributed by atoms with van der Waals surface area (Å²) in [5.41, 5.74) is 1.30. The van der Waals surface area contributed by atoms with Crippen LogP contribution in [0.1, 0.15) is 24.1 Å². The van der Waals surface area contributed by atoms with Gasteiger partial charge in [-0.2, -0.15) is 0 Å². The van der Waals surface area contributed by atoms with Crippen molar-refractivity contribution in [2.75, 3.05) is 14.2 Å². The van der Waals surface area contributed by atoms with Gasteiger partial charge in [-0.05, 0) is 36.8 Å². The topological polar surface area (TPSA) is 29.5 Å². The van der Waals surface area contributed by atoms with Crippen molar-refractivity contribution in [1.29, 1.82) is 0 Å². The van der Waals surface area contributed by atoms with Crippen molar-refractivity contribution in [2.24, 2.45) is 0 Å². The van der Waals surface area contributed by atoms with Crippen LogP contribution in [0.5, 0.6) is 5.75 Å². The van der Waals surface area contributed by atoms with E-state index in [1.165, 1.54) is 17.0 Å². The first-order valence-electron chi connectivity index (χ1n) is 7.47. The Morgan fingerprint density at radius 1 is 1.17 bits per heavy atom. The van der Waals surface area contributed by atoms with E-state index < -0.39 is 17.7 Å². The van der Waals surface area contributed by atoms with E-state index in [0.717, 1.165) is 17.7 Å². The fraction of sp³-hybridized carbons (Fsp3) is 0.211. The van der Waals surface area contributed by atoms with E-state index in [1.54, 1.807) is 33.2 Å². The molecule has 0 bridgehead atoms. The van der Waals surface area contributed by atoms with E-state index >= 15 is 0 Å². The summed E-state index contributed by atoms with van der Waals surface area (Å²) in [6.07, 6.45) is 3.09. The molecular formula is C19H19F2NO2. The molecule has 0 saturated carbocycles. The Morgan fingerprint density at radius 2 is 1.88 bits per heavy atom. The molecule has 2 aromatic rings. The second kappa shape index (κ2) is 7.73. The van der Waals surface area contributed by atoms with Gasteiger partial charge in [-0.3, -0.25) is 4.79 Å². The third kappa shape index (κ3) is 3.98. The van der Waals surface area contributed by atoms with E-state index in [0.29, 0.717) is 11.3 Å². The number of halogens is 2. The van der Waals surface area contributed by atoms with Crippen LogP contribution in [-0.4, -0.2) is 25.0 Å². The summed E-state index contributed by atoms with van der Waals surface area (Å²) in [6, 6.07) is 10.6. The molecule has 24 heavy (non-hydrogen) atoms. The number of rotatable bonds is 5. The zero-order valence-corrected chi connectivity index (χ0v) is 13.8. The Bertz CT molecular complexity index is 759. The predicted molar refractivity (Wildman–Crippen MR) is 89.6 cm³/mol. The monoisotopic (exact) mass is 331 g/mol. The zero-order chi connectivity index (χ0) is 17.7. The summed E-state index contributed by atoms with van der Waals surface area (Å²) in [6.45, 7) is 1.75. The summed E-state index contributed by atoms with van der Waals surface area (Å²) in [5, 5.41) is 0. The van der Waals surface area contributed by atoms with Crippen molar-refractivity contribution in [3.05, 3.63) is 71.3 Å². The summed E-state index contributed by atoms with van der Waals surface area (Å²) < 4.78 is 31.6. The predicted octanol–water partition coefficient (Wildman–Crippen LogP) is 4.21. The van der Waals surface area contributed by atoms with Gasteiger partial charge in [0, 0.05) is 18.7 Å². The summed E-state index contributed by atoms with van der Waals surface area (Å²) in [5.74, 6) is -1.42. The number of amides is 1. The lowest BCUT2D eigenvalue weighted by atomic mass is 10.1. The highest BCUT2D eigenvalue weighted by molar-refractivity contribution is 5.92. The van der Waals surface area contributed by atoms with Crippen LogP contribution in [0, 0.1) is 11.6 Å². The van der Waals surface area contributed by atoms with Gasteiger partial charge in [-0.25, -0.2) is 8.78 Å². The standard InChI is InChI=1S/C19H19F2NO2/c1-13(15-8-10-16(20)17(21)12-15)22(2)19(23)11-9-14-6-4-5-7-18(14)24-3/h4-13H,1-3H3/b11-9+. The van der Waals surface area contributed by atoms with Gasteiger partial charge in [0.15, 0.2) is 11.6 Å². The lowest BCUT2D eigenvalue weighted by Crippen LogP contribution is -2.28. The van der Waals surface area contributed by atoms with Gasteiger partial charge in [-0.1, -0.05) is 24.3 Å². The van der Waals surface area contributed by atoms with Crippen molar-refractivity contribution in [1.82, 2.24) is 4.90 Å². The van der Waals surface area contributed by atoms with Crippen molar-refractivity contribution in [3.63, 3.8) is 0 Å². The molecular weight excluding hydrogens is 312 g/mol. The highest BCUT2D eigenvalue weighted by Crippen LogP contribution is 2.22. The van der Waals surface area contributed by atoms with Gasteiger partial charge < -0.3 is 9.64 Å². The first-order chi connectivity index (χ1) is 11.4. The maximum Gasteiger partial charge on any atom is 0.246 e. The Hall–Kier alpha value is -2.69. The SMILES string of the molecule is COc1ccccc1/C=C/C(=O)N(C)C(C)c1ccc(F)c(F)c1. The summed E-state index contributed by atoms with van der Waals surface area (Å²) in [4.78, 5) is 13.8. The van der Waals surface area contributed by atoms with Crippen molar-refractivity contribution in [2.45, 2.75) is 13.0 Å². The smallest absolute Gasteiger partial charge is 0.246 e. The van der Waals surface area contributed by atoms with Crippen molar-refractivity contribution < 1.29 is 18.3 Å². The number of nitrogens with zero attached hydrogens (tertiary/aromatic N) is 1. The number of methoxy groups -OCH3 is 1. The van der Waals surface area contributed by atoms with Gasteiger partial charge in [0.25, 0.3) is 0 Å². The van der Waals surface area contributed by atoms with Gasteiger partial charge in [0.05, 0.1) is 13.2 Å². The summed E-state index contributed by atoms with van der Waals surface area (Å²) in [7, 11) is 3.17. The minimum atomic E-state index is -0.926. The molecule has 0 aliphatic carbocycles. The highest BCUT2D eigenvalue weighted by atomic mass is 19.2. The van der Waals surface area contributed by atoms with Crippen LogP contribution in [0.3, 0.4) is 0 Å². The van der Waals surface area contributed by atoms with Crippen molar-refractivity contribution >= 4 is 12.0 Å². The lowest BCUT2D eigenvalue weighted by Gasteiger charge is -2.24. The Morgan fingerprint density at radius 3 is 2.54 bits per heavy atom. The van der Waals surface area contributed by atoms with Gasteiger partial charge >= 0.3 is 0 Å². The van der Waals surface area contributed by atoms with Crippen LogP contribution in [0.2, 0.25) is 0 Å². The number of likely N-dealkylation sites (N-methyl/N-ethyl adjacent to an activating group) is 1. The largest absolute Gasteiger partial charge is 0.496 e. The maximum absolute atomic E-state index is 13.4. The van der Waals surface area contributed by atoms with Crippen LogP contribution in [0.15, 0.2) is 48.5 Å². The molecule has 126 valence electrons. The van der Waals surface area contributed by atoms with Gasteiger partial charge in [0.1, 0.15) is 5.75 Å². The molecule has 3 nitrogen and oxygen atoms in total. The number of para-hydroxylation sites is 1. The van der Waals surface area contributed by atoms with Crippen LogP contribution >= 0.6 is 0 Å². The molecule has 0 aliphatic heterocycles. The first-order valence-corrected chi connectivity index (χ1v) is 7.47. The summed E-state index contributed by atoms with van der Waals surface area (Å²) >= 11 is 0. The molecule has 5 heteroatoms. The Labute approximate surface area is 140 Å². The molecule has 0 saturated heterocycles. The van der Waals surface area contributed by atoms with Crippen molar-refractivity contribution in [3.8, 4) is 5.75 Å². The van der Waals surface area contributed by atoms with E-state index in [-0.39, 0.29) is 5.91 Å². The minimum absolute atomic E-state index is 0.252. The number of hydrogen-bond acceptors (Lipinski definition) is 2. The third-order valence-electron chi connectivity index (χ3n) is 3.90. The van der Waals surface area contributed by atoms with Crippen LogP contribution in [0.25, 0.3) is 6.08 Å². The maximum atomic E-state index is 13.4. The molecule has 2 aromatic carbocycles.